The van der Waals surface area contributed by atoms with E-state index in [1.54, 1.807) is 6.20 Å². The highest BCUT2D eigenvalue weighted by Crippen LogP contribution is 2.14. The molecule has 4 N–H and O–H groups in total. The number of hydrogen-bond donors (Lipinski definition) is 3. The largest absolute Gasteiger partial charge is 0.369 e. The molecule has 0 aliphatic heterocycles. The Morgan fingerprint density at radius 2 is 1.76 bits per heavy atom. The zero-order valence-corrected chi connectivity index (χ0v) is 15.5. The number of nitrogens with zero attached hydrogens (tertiary/aromatic N) is 4. The maximum atomic E-state index is 5.83. The van der Waals surface area contributed by atoms with Crippen LogP contribution in [0.3, 0.4) is 0 Å². The van der Waals surface area contributed by atoms with Gasteiger partial charge < -0.3 is 16.4 Å². The van der Waals surface area contributed by atoms with E-state index in [-0.39, 0.29) is 5.95 Å². The molecule has 0 bridgehead atoms. The summed E-state index contributed by atoms with van der Waals surface area (Å²) in [6, 6.07) is 6.81. The van der Waals surface area contributed by atoms with Gasteiger partial charge >= 0.3 is 0 Å². The lowest BCUT2D eigenvalue weighted by molar-refractivity contribution is 0.182. The first kappa shape index (κ1) is 18.9. The molecule has 2 aromatic heterocycles. The van der Waals surface area contributed by atoms with Gasteiger partial charge in [0.25, 0.3) is 0 Å². The third kappa shape index (κ3) is 6.19. The van der Waals surface area contributed by atoms with Gasteiger partial charge in [-0.15, -0.1) is 0 Å². The van der Waals surface area contributed by atoms with Gasteiger partial charge in [0.15, 0.2) is 0 Å². The molecular weight excluding hydrogens is 314 g/mol. The van der Waals surface area contributed by atoms with Gasteiger partial charge in [-0.25, -0.2) is 0 Å². The summed E-state index contributed by atoms with van der Waals surface area (Å²) in [7, 11) is 0. The van der Waals surface area contributed by atoms with Crippen molar-refractivity contribution in [2.24, 2.45) is 0 Å². The number of pyridine rings is 1. The van der Waals surface area contributed by atoms with E-state index in [1.807, 2.05) is 24.4 Å². The maximum absolute atomic E-state index is 5.83. The number of rotatable bonds is 9. The second-order valence-corrected chi connectivity index (χ2v) is 6.56. The van der Waals surface area contributed by atoms with Gasteiger partial charge in [-0.1, -0.05) is 6.07 Å². The summed E-state index contributed by atoms with van der Waals surface area (Å²) in [6.45, 7) is 11.2. The average molecular weight is 343 g/mol. The average Bonchev–Trinajstić information content (AvgIpc) is 2.57. The molecule has 0 amide bonds. The van der Waals surface area contributed by atoms with Crippen LogP contribution in [0.15, 0.2) is 30.6 Å². The van der Waals surface area contributed by atoms with Crippen LogP contribution in [0.2, 0.25) is 0 Å². The molecule has 0 spiro atoms. The third-order valence-electron chi connectivity index (χ3n) is 3.94. The highest BCUT2D eigenvalue weighted by molar-refractivity contribution is 5.51. The standard InChI is InChI=1S/C18H29N7/c1-13(2)25(14(3)4)9-8-21-16-10-17(24-18(19)23-16)22-12-15-6-5-7-20-11-15/h5-7,10-11,13-14H,8-9,12H2,1-4H3,(H4,19,21,22,23,24). The maximum Gasteiger partial charge on any atom is 0.223 e. The predicted molar refractivity (Wildman–Crippen MR) is 103 cm³/mol. The van der Waals surface area contributed by atoms with Gasteiger partial charge in [0.05, 0.1) is 0 Å². The molecule has 7 heteroatoms. The lowest BCUT2D eigenvalue weighted by Crippen LogP contribution is -2.40. The van der Waals surface area contributed by atoms with Crippen LogP contribution in [0, 0.1) is 0 Å². The smallest absolute Gasteiger partial charge is 0.223 e. The molecule has 2 heterocycles. The molecule has 0 aromatic carbocycles. The van der Waals surface area contributed by atoms with Crippen LogP contribution in [0.1, 0.15) is 33.3 Å². The minimum absolute atomic E-state index is 0.253. The summed E-state index contributed by atoms with van der Waals surface area (Å²) in [5.41, 5.74) is 6.91. The molecule has 0 aliphatic carbocycles. The number of nitrogens with two attached hydrogens (primary N) is 1. The Kier molecular flexibility index (Phi) is 6.94. The minimum atomic E-state index is 0.253. The molecule has 0 saturated carbocycles. The van der Waals surface area contributed by atoms with Crippen molar-refractivity contribution in [2.75, 3.05) is 29.5 Å². The lowest BCUT2D eigenvalue weighted by Gasteiger charge is -2.30. The van der Waals surface area contributed by atoms with Gasteiger partial charge in [0.1, 0.15) is 11.6 Å². The van der Waals surface area contributed by atoms with E-state index >= 15 is 0 Å². The number of hydrogen-bond acceptors (Lipinski definition) is 7. The number of nitrogen functional groups attached to an aromatic ring is 1. The second-order valence-electron chi connectivity index (χ2n) is 6.56. The summed E-state index contributed by atoms with van der Waals surface area (Å²) in [5, 5.41) is 6.60. The molecule has 0 fully saturated rings. The van der Waals surface area contributed by atoms with E-state index < -0.39 is 0 Å². The monoisotopic (exact) mass is 343 g/mol. The van der Waals surface area contributed by atoms with Gasteiger partial charge in [-0.05, 0) is 39.3 Å². The van der Waals surface area contributed by atoms with Crippen LogP contribution in [0.5, 0.6) is 0 Å². The summed E-state index contributed by atoms with van der Waals surface area (Å²) >= 11 is 0. The Hall–Kier alpha value is -2.41. The molecule has 0 aliphatic rings. The number of anilines is 3. The molecule has 0 atom stereocenters. The predicted octanol–water partition coefficient (Wildman–Crippen LogP) is 2.60. The fourth-order valence-corrected chi connectivity index (χ4v) is 2.77. The molecule has 0 radical (unpaired) electrons. The fourth-order valence-electron chi connectivity index (χ4n) is 2.77. The molecular formula is C18H29N7. The molecule has 136 valence electrons. The van der Waals surface area contributed by atoms with Crippen molar-refractivity contribution in [3.8, 4) is 0 Å². The first-order valence-electron chi connectivity index (χ1n) is 8.72. The van der Waals surface area contributed by atoms with E-state index in [0.717, 1.165) is 24.5 Å². The SMILES string of the molecule is CC(C)N(CCNc1cc(NCc2cccnc2)nc(N)n1)C(C)C. The van der Waals surface area contributed by atoms with Crippen molar-refractivity contribution in [3.05, 3.63) is 36.2 Å². The Morgan fingerprint density at radius 3 is 2.36 bits per heavy atom. The van der Waals surface area contributed by atoms with Crippen LogP contribution >= 0.6 is 0 Å². The quantitative estimate of drug-likeness (QED) is 0.644. The lowest BCUT2D eigenvalue weighted by atomic mass is 10.2. The molecule has 7 nitrogen and oxygen atoms in total. The van der Waals surface area contributed by atoms with Crippen LogP contribution in [-0.2, 0) is 6.54 Å². The normalized spacial score (nSPS) is 11.3. The third-order valence-corrected chi connectivity index (χ3v) is 3.94. The zero-order valence-electron chi connectivity index (χ0n) is 15.5. The number of aromatic nitrogens is 3. The highest BCUT2D eigenvalue weighted by Gasteiger charge is 2.12. The number of nitrogens with one attached hydrogen (secondary N) is 2. The van der Waals surface area contributed by atoms with E-state index in [1.165, 1.54) is 0 Å². The van der Waals surface area contributed by atoms with Crippen LogP contribution < -0.4 is 16.4 Å². The summed E-state index contributed by atoms with van der Waals surface area (Å²) in [5.74, 6) is 1.68. The van der Waals surface area contributed by atoms with Crippen LogP contribution in [0.25, 0.3) is 0 Å². The van der Waals surface area contributed by atoms with Crippen molar-refractivity contribution in [1.29, 1.82) is 0 Å². The van der Waals surface area contributed by atoms with Crippen molar-refractivity contribution in [2.45, 2.75) is 46.3 Å². The summed E-state index contributed by atoms with van der Waals surface area (Å²) in [4.78, 5) is 15.0. The van der Waals surface area contributed by atoms with Gasteiger partial charge in [-0.2, -0.15) is 9.97 Å². The summed E-state index contributed by atoms with van der Waals surface area (Å²) < 4.78 is 0. The fraction of sp³-hybridized carbons (Fsp3) is 0.500. The molecule has 2 aromatic rings. The molecule has 2 rings (SSSR count). The Balaban J connectivity index is 1.92. The van der Waals surface area contributed by atoms with Crippen molar-refractivity contribution < 1.29 is 0 Å². The Labute approximate surface area is 150 Å². The molecule has 0 saturated heterocycles. The van der Waals surface area contributed by atoms with E-state index in [2.05, 4.69) is 58.2 Å². The van der Waals surface area contributed by atoms with Gasteiger partial charge in [0, 0.05) is 50.2 Å². The topological polar surface area (TPSA) is 92.0 Å². The zero-order chi connectivity index (χ0) is 18.2. The molecule has 25 heavy (non-hydrogen) atoms. The summed E-state index contributed by atoms with van der Waals surface area (Å²) in [6.07, 6.45) is 3.58. The molecule has 0 unspecified atom stereocenters. The van der Waals surface area contributed by atoms with Crippen molar-refractivity contribution >= 4 is 17.6 Å². The van der Waals surface area contributed by atoms with Gasteiger partial charge in [0.2, 0.25) is 5.95 Å². The van der Waals surface area contributed by atoms with E-state index in [0.29, 0.717) is 24.4 Å². The van der Waals surface area contributed by atoms with Crippen molar-refractivity contribution in [3.63, 3.8) is 0 Å². The van der Waals surface area contributed by atoms with E-state index in [4.69, 9.17) is 5.73 Å². The highest BCUT2D eigenvalue weighted by atomic mass is 15.2. The first-order valence-corrected chi connectivity index (χ1v) is 8.72. The minimum Gasteiger partial charge on any atom is -0.369 e. The van der Waals surface area contributed by atoms with Crippen molar-refractivity contribution in [1.82, 2.24) is 19.9 Å². The Bertz CT molecular complexity index is 635. The second kappa shape index (κ2) is 9.17. The van der Waals surface area contributed by atoms with E-state index in [9.17, 15) is 0 Å². The Morgan fingerprint density at radius 1 is 1.08 bits per heavy atom. The van der Waals surface area contributed by atoms with Crippen LogP contribution in [-0.4, -0.2) is 45.0 Å². The van der Waals surface area contributed by atoms with Gasteiger partial charge in [-0.3, -0.25) is 9.88 Å². The first-order chi connectivity index (χ1) is 12.0. The van der Waals surface area contributed by atoms with Crippen LogP contribution in [0.4, 0.5) is 17.6 Å².